The summed E-state index contributed by atoms with van der Waals surface area (Å²) in [4.78, 5) is 12.7. The van der Waals surface area contributed by atoms with E-state index in [0.29, 0.717) is 0 Å². The van der Waals surface area contributed by atoms with Crippen molar-refractivity contribution in [2.75, 3.05) is 13.1 Å². The molecule has 1 unspecified atom stereocenters. The summed E-state index contributed by atoms with van der Waals surface area (Å²) in [6.45, 7) is 5.75. The van der Waals surface area contributed by atoms with Crippen molar-refractivity contribution in [3.05, 3.63) is 42.3 Å². The Morgan fingerprint density at radius 1 is 1.35 bits per heavy atom. The van der Waals surface area contributed by atoms with Gasteiger partial charge in [0, 0.05) is 6.42 Å². The molecule has 1 amide bonds. The van der Waals surface area contributed by atoms with E-state index >= 15 is 0 Å². The first-order chi connectivity index (χ1) is 9.56. The van der Waals surface area contributed by atoms with Gasteiger partial charge in [-0.1, -0.05) is 44.2 Å². The second-order valence-electron chi connectivity index (χ2n) is 4.15. The number of likely N-dealkylation sites (N-methyl/N-ethyl adjacent to an activating group) is 1. The highest BCUT2D eigenvalue weighted by atomic mass is 32.1. The van der Waals surface area contributed by atoms with Gasteiger partial charge in [-0.25, -0.2) is 4.79 Å². The van der Waals surface area contributed by atoms with Gasteiger partial charge in [-0.2, -0.15) is 0 Å². The lowest BCUT2D eigenvalue weighted by Gasteiger charge is -2.31. The van der Waals surface area contributed by atoms with Crippen molar-refractivity contribution in [1.82, 2.24) is 15.5 Å². The van der Waals surface area contributed by atoms with Gasteiger partial charge in [0.2, 0.25) is 0 Å². The summed E-state index contributed by atoms with van der Waals surface area (Å²) in [7, 11) is 0. The van der Waals surface area contributed by atoms with Crippen LogP contribution in [0.3, 0.4) is 0 Å². The van der Waals surface area contributed by atoms with Crippen LogP contribution in [0.2, 0.25) is 0 Å². The molecule has 0 aromatic heterocycles. The molecular weight excluding hydrogens is 274 g/mol. The first-order valence-corrected chi connectivity index (χ1v) is 6.92. The fourth-order valence-electron chi connectivity index (χ4n) is 1.87. The molecule has 0 heterocycles. The second kappa shape index (κ2) is 8.50. The number of amides is 1. The van der Waals surface area contributed by atoms with E-state index in [4.69, 9.17) is 17.3 Å². The Morgan fingerprint density at radius 2 is 1.95 bits per heavy atom. The molecule has 0 aliphatic carbocycles. The molecule has 5 nitrogen and oxygen atoms in total. The molecule has 0 fully saturated rings. The zero-order chi connectivity index (χ0) is 15.0. The smallest absolute Gasteiger partial charge is 0.410 e. The average Bonchev–Trinajstić information content (AvgIpc) is 2.40. The lowest BCUT2D eigenvalue weighted by Crippen LogP contribution is -2.52. The molecule has 1 aromatic carbocycles. The number of thiocarbonyl (C=S) groups is 1. The van der Waals surface area contributed by atoms with E-state index in [-0.39, 0.29) is 11.3 Å². The van der Waals surface area contributed by atoms with Crippen LogP contribution in [0, 0.1) is 6.42 Å². The fraction of sp³-hybridized carbons (Fsp3) is 0.357. The van der Waals surface area contributed by atoms with Crippen molar-refractivity contribution in [1.29, 1.82) is 0 Å². The number of nitrogens with one attached hydrogen (secondary N) is 2. The maximum Gasteiger partial charge on any atom is 0.410 e. The summed E-state index contributed by atoms with van der Waals surface area (Å²) in [6.07, 6.45) is 0.690. The summed E-state index contributed by atoms with van der Waals surface area (Å²) in [5.41, 5.74) is 1.05. The zero-order valence-corrected chi connectivity index (χ0v) is 12.5. The van der Waals surface area contributed by atoms with Gasteiger partial charge in [0.15, 0.2) is 5.11 Å². The number of carbonyl (C=O) groups is 1. The third-order valence-electron chi connectivity index (χ3n) is 2.86. The topological polar surface area (TPSA) is 64.6 Å². The van der Waals surface area contributed by atoms with Gasteiger partial charge in [-0.3, -0.25) is 10.2 Å². The van der Waals surface area contributed by atoms with Crippen LogP contribution in [0.4, 0.5) is 4.79 Å². The number of carboxylic acid groups (broad SMARTS) is 1. The quantitative estimate of drug-likeness (QED) is 0.553. The number of hydrogen-bond donors (Lipinski definition) is 3. The van der Waals surface area contributed by atoms with Crippen molar-refractivity contribution in [3.63, 3.8) is 0 Å². The molecule has 1 atom stereocenters. The first kappa shape index (κ1) is 16.4. The van der Waals surface area contributed by atoms with Crippen LogP contribution in [0.1, 0.15) is 19.4 Å². The van der Waals surface area contributed by atoms with Crippen LogP contribution in [0.15, 0.2) is 30.3 Å². The number of hydrogen-bond acceptors (Lipinski definition) is 3. The van der Waals surface area contributed by atoms with Gasteiger partial charge in [0.1, 0.15) is 0 Å². The Bertz CT molecular complexity index is 435. The molecule has 0 aliphatic heterocycles. The molecule has 0 saturated heterocycles. The monoisotopic (exact) mass is 294 g/mol. The SMILES string of the molecule is CCN(CC)C([CH]c1ccccc1)NC(=S)NC(=O)O. The van der Waals surface area contributed by atoms with Crippen LogP contribution in [-0.4, -0.2) is 40.5 Å². The van der Waals surface area contributed by atoms with E-state index in [1.54, 1.807) is 0 Å². The van der Waals surface area contributed by atoms with Crippen molar-refractivity contribution in [2.45, 2.75) is 20.0 Å². The minimum atomic E-state index is -1.17. The number of nitrogens with zero attached hydrogens (tertiary/aromatic N) is 1. The molecule has 0 saturated carbocycles. The molecule has 3 N–H and O–H groups in total. The highest BCUT2D eigenvalue weighted by molar-refractivity contribution is 7.80. The van der Waals surface area contributed by atoms with Gasteiger partial charge < -0.3 is 10.4 Å². The predicted molar refractivity (Wildman–Crippen MR) is 83.4 cm³/mol. The first-order valence-electron chi connectivity index (χ1n) is 6.51. The third-order valence-corrected chi connectivity index (χ3v) is 3.08. The molecule has 0 bridgehead atoms. The molecule has 20 heavy (non-hydrogen) atoms. The Morgan fingerprint density at radius 3 is 2.45 bits per heavy atom. The lowest BCUT2D eigenvalue weighted by atomic mass is 10.1. The van der Waals surface area contributed by atoms with E-state index in [0.717, 1.165) is 18.7 Å². The van der Waals surface area contributed by atoms with Crippen molar-refractivity contribution in [3.8, 4) is 0 Å². The largest absolute Gasteiger partial charge is 0.465 e. The maximum absolute atomic E-state index is 10.6. The molecule has 1 rings (SSSR count). The molecule has 0 aliphatic rings. The van der Waals surface area contributed by atoms with E-state index in [2.05, 4.69) is 15.5 Å². The van der Waals surface area contributed by atoms with E-state index in [9.17, 15) is 4.79 Å². The molecule has 0 spiro atoms. The van der Waals surface area contributed by atoms with Crippen molar-refractivity contribution >= 4 is 23.4 Å². The number of rotatable bonds is 6. The Balaban J connectivity index is 2.74. The molecule has 109 valence electrons. The van der Waals surface area contributed by atoms with Crippen LogP contribution in [-0.2, 0) is 0 Å². The lowest BCUT2D eigenvalue weighted by molar-refractivity contribution is 0.198. The Kier molecular flexibility index (Phi) is 6.97. The van der Waals surface area contributed by atoms with E-state index in [1.807, 2.05) is 50.6 Å². The van der Waals surface area contributed by atoms with Gasteiger partial charge in [-0.15, -0.1) is 0 Å². The van der Waals surface area contributed by atoms with Gasteiger partial charge in [-0.05, 0) is 30.9 Å². The second-order valence-corrected chi connectivity index (χ2v) is 4.56. The predicted octanol–water partition coefficient (Wildman–Crippen LogP) is 2.05. The van der Waals surface area contributed by atoms with Gasteiger partial charge in [0.05, 0.1) is 6.17 Å². The van der Waals surface area contributed by atoms with Crippen molar-refractivity contribution < 1.29 is 9.90 Å². The maximum atomic E-state index is 10.6. The summed E-state index contributed by atoms with van der Waals surface area (Å²) in [5, 5.41) is 13.9. The summed E-state index contributed by atoms with van der Waals surface area (Å²) < 4.78 is 0. The zero-order valence-electron chi connectivity index (χ0n) is 11.7. The highest BCUT2D eigenvalue weighted by Crippen LogP contribution is 2.09. The normalized spacial score (nSPS) is 11.9. The van der Waals surface area contributed by atoms with Crippen LogP contribution in [0.25, 0.3) is 0 Å². The molecule has 1 radical (unpaired) electrons. The van der Waals surface area contributed by atoms with Gasteiger partial charge in [0.25, 0.3) is 0 Å². The molecule has 6 heteroatoms. The Hall–Kier alpha value is -1.66. The average molecular weight is 294 g/mol. The number of benzene rings is 1. The fourth-order valence-corrected chi connectivity index (χ4v) is 2.08. The van der Waals surface area contributed by atoms with Gasteiger partial charge >= 0.3 is 6.09 Å². The molecule has 1 aromatic rings. The molecular formula is C14H20N3O2S. The van der Waals surface area contributed by atoms with E-state index in [1.165, 1.54) is 0 Å². The highest BCUT2D eigenvalue weighted by Gasteiger charge is 2.18. The van der Waals surface area contributed by atoms with Crippen LogP contribution >= 0.6 is 12.2 Å². The van der Waals surface area contributed by atoms with Crippen LogP contribution < -0.4 is 10.6 Å². The van der Waals surface area contributed by atoms with Crippen molar-refractivity contribution in [2.24, 2.45) is 0 Å². The third kappa shape index (κ3) is 5.54. The standard InChI is InChI=1S/C14H20N3O2S/c1-3-17(4-2)12(15-13(20)16-14(18)19)10-11-8-6-5-7-9-11/h5-10,12H,3-4H2,1-2H3,(H,18,19)(H2,15,16,20). The van der Waals surface area contributed by atoms with E-state index < -0.39 is 6.09 Å². The minimum Gasteiger partial charge on any atom is -0.465 e. The summed E-state index contributed by atoms with van der Waals surface area (Å²) in [6, 6.07) is 9.85. The summed E-state index contributed by atoms with van der Waals surface area (Å²) >= 11 is 4.99. The minimum absolute atomic E-state index is 0.0987. The van der Waals surface area contributed by atoms with Crippen LogP contribution in [0.5, 0.6) is 0 Å². The Labute approximate surface area is 125 Å². The summed E-state index contributed by atoms with van der Waals surface area (Å²) in [5.74, 6) is 0.